The highest BCUT2D eigenvalue weighted by Gasteiger charge is 2.20. The van der Waals surface area contributed by atoms with Crippen LogP contribution in [0.3, 0.4) is 0 Å². The first-order valence-corrected chi connectivity index (χ1v) is 7.67. The molecule has 1 aromatic rings. The molecule has 0 spiro atoms. The van der Waals surface area contributed by atoms with Crippen LogP contribution < -0.4 is 11.1 Å². The summed E-state index contributed by atoms with van der Waals surface area (Å²) in [6, 6.07) is 4.55. The summed E-state index contributed by atoms with van der Waals surface area (Å²) in [4.78, 5) is 11.8. The van der Waals surface area contributed by atoms with Crippen LogP contribution in [-0.4, -0.2) is 38.8 Å². The molecule has 0 saturated carbocycles. The number of carbonyl (C=O) groups excluding carboxylic acids is 1. The van der Waals surface area contributed by atoms with Crippen molar-refractivity contribution in [2.75, 3.05) is 19.4 Å². The van der Waals surface area contributed by atoms with E-state index < -0.39 is 10.0 Å². The Morgan fingerprint density at radius 1 is 1.40 bits per heavy atom. The van der Waals surface area contributed by atoms with Crippen molar-refractivity contribution in [1.29, 1.82) is 0 Å². The van der Waals surface area contributed by atoms with Gasteiger partial charge < -0.3 is 11.1 Å². The zero-order valence-electron chi connectivity index (χ0n) is 12.2. The normalized spacial score (nSPS) is 13.3. The number of nitrogens with one attached hydrogen (secondary N) is 1. The van der Waals surface area contributed by atoms with Crippen molar-refractivity contribution >= 4 is 21.6 Å². The van der Waals surface area contributed by atoms with E-state index in [1.165, 1.54) is 20.2 Å². The molecule has 0 aliphatic carbocycles. The first kappa shape index (κ1) is 16.6. The number of amides is 1. The predicted molar refractivity (Wildman–Crippen MR) is 78.9 cm³/mol. The van der Waals surface area contributed by atoms with E-state index in [1.54, 1.807) is 26.0 Å². The number of nitrogens with zero attached hydrogens (tertiary/aromatic N) is 1. The van der Waals surface area contributed by atoms with Crippen LogP contribution in [-0.2, 0) is 14.8 Å². The maximum Gasteiger partial charge on any atom is 0.242 e. The number of hydrogen-bond donors (Lipinski definition) is 2. The SMILES string of the molecule is Cc1ccc(NC(=O)CC(C)N)cc1S(=O)(=O)N(C)C. The minimum Gasteiger partial charge on any atom is -0.327 e. The van der Waals surface area contributed by atoms with Gasteiger partial charge in [0.15, 0.2) is 0 Å². The summed E-state index contributed by atoms with van der Waals surface area (Å²) in [5.74, 6) is -0.239. The second-order valence-corrected chi connectivity index (χ2v) is 7.12. The van der Waals surface area contributed by atoms with Gasteiger partial charge in [-0.25, -0.2) is 12.7 Å². The van der Waals surface area contributed by atoms with Crippen LogP contribution in [0.1, 0.15) is 18.9 Å². The average Bonchev–Trinajstić information content (AvgIpc) is 2.30. The second kappa shape index (κ2) is 6.34. The largest absolute Gasteiger partial charge is 0.327 e. The van der Waals surface area contributed by atoms with Gasteiger partial charge in [-0.3, -0.25) is 4.79 Å². The third-order valence-corrected chi connectivity index (χ3v) is 4.69. The molecule has 1 amide bonds. The Labute approximate surface area is 120 Å². The Hall–Kier alpha value is -1.44. The minimum absolute atomic E-state index is 0.182. The summed E-state index contributed by atoms with van der Waals surface area (Å²) in [5.41, 5.74) is 6.62. The van der Waals surface area contributed by atoms with Crippen molar-refractivity contribution in [2.45, 2.75) is 31.2 Å². The highest BCUT2D eigenvalue weighted by atomic mass is 32.2. The van der Waals surface area contributed by atoms with Gasteiger partial charge in [-0.15, -0.1) is 0 Å². The molecule has 6 nitrogen and oxygen atoms in total. The van der Waals surface area contributed by atoms with Crippen LogP contribution >= 0.6 is 0 Å². The zero-order valence-corrected chi connectivity index (χ0v) is 13.0. The van der Waals surface area contributed by atoms with Gasteiger partial charge in [0.25, 0.3) is 0 Å². The molecular weight excluding hydrogens is 278 g/mol. The highest BCUT2D eigenvalue weighted by molar-refractivity contribution is 7.89. The molecule has 112 valence electrons. The number of rotatable bonds is 5. The molecule has 0 bridgehead atoms. The van der Waals surface area contributed by atoms with Crippen LogP contribution in [0.2, 0.25) is 0 Å². The van der Waals surface area contributed by atoms with Crippen LogP contribution in [0, 0.1) is 6.92 Å². The van der Waals surface area contributed by atoms with E-state index in [4.69, 9.17) is 5.73 Å². The first-order chi connectivity index (χ1) is 9.14. The molecule has 0 heterocycles. The molecular formula is C13H21N3O3S. The van der Waals surface area contributed by atoms with Gasteiger partial charge in [-0.1, -0.05) is 6.07 Å². The molecule has 3 N–H and O–H groups in total. The van der Waals surface area contributed by atoms with E-state index in [9.17, 15) is 13.2 Å². The van der Waals surface area contributed by atoms with Crippen LogP contribution in [0.25, 0.3) is 0 Å². The van der Waals surface area contributed by atoms with Gasteiger partial charge in [-0.05, 0) is 31.5 Å². The van der Waals surface area contributed by atoms with Crippen molar-refractivity contribution in [1.82, 2.24) is 4.31 Å². The molecule has 0 radical (unpaired) electrons. The van der Waals surface area contributed by atoms with Crippen molar-refractivity contribution in [2.24, 2.45) is 5.73 Å². The van der Waals surface area contributed by atoms with Gasteiger partial charge in [0.2, 0.25) is 15.9 Å². The third-order valence-electron chi connectivity index (χ3n) is 2.74. The average molecular weight is 299 g/mol. The predicted octanol–water partition coefficient (Wildman–Crippen LogP) is 0.921. The first-order valence-electron chi connectivity index (χ1n) is 6.23. The van der Waals surface area contributed by atoms with E-state index in [1.807, 2.05) is 0 Å². The molecule has 7 heteroatoms. The smallest absolute Gasteiger partial charge is 0.242 e. The maximum absolute atomic E-state index is 12.2. The molecule has 1 atom stereocenters. The van der Waals surface area contributed by atoms with Crippen LogP contribution in [0.15, 0.2) is 23.1 Å². The van der Waals surface area contributed by atoms with Crippen molar-refractivity contribution in [3.63, 3.8) is 0 Å². The molecule has 0 aliphatic rings. The molecule has 0 aliphatic heterocycles. The van der Waals surface area contributed by atoms with E-state index >= 15 is 0 Å². The summed E-state index contributed by atoms with van der Waals surface area (Å²) in [6.45, 7) is 3.45. The van der Waals surface area contributed by atoms with Gasteiger partial charge in [0, 0.05) is 32.2 Å². The lowest BCUT2D eigenvalue weighted by atomic mass is 10.2. The molecule has 1 rings (SSSR count). The summed E-state index contributed by atoms with van der Waals surface area (Å²) in [6.07, 6.45) is 0.184. The summed E-state index contributed by atoms with van der Waals surface area (Å²) in [7, 11) is -0.595. The number of hydrogen-bond acceptors (Lipinski definition) is 4. The van der Waals surface area contributed by atoms with Gasteiger partial charge >= 0.3 is 0 Å². The van der Waals surface area contributed by atoms with Crippen LogP contribution in [0.5, 0.6) is 0 Å². The fourth-order valence-corrected chi connectivity index (χ4v) is 2.80. The Bertz CT molecular complexity index is 595. The highest BCUT2D eigenvalue weighted by Crippen LogP contribution is 2.22. The standard InChI is InChI=1S/C13H21N3O3S/c1-9-5-6-11(15-13(17)7-10(2)14)8-12(9)20(18,19)16(3)4/h5-6,8,10H,7,14H2,1-4H3,(H,15,17). The van der Waals surface area contributed by atoms with E-state index in [0.29, 0.717) is 11.3 Å². The van der Waals surface area contributed by atoms with Crippen molar-refractivity contribution in [3.05, 3.63) is 23.8 Å². The number of nitrogens with two attached hydrogens (primary N) is 1. The number of aryl methyl sites for hydroxylation is 1. The fourth-order valence-electron chi connectivity index (χ4n) is 1.66. The Morgan fingerprint density at radius 2 is 2.00 bits per heavy atom. The molecule has 20 heavy (non-hydrogen) atoms. The number of sulfonamides is 1. The lowest BCUT2D eigenvalue weighted by Crippen LogP contribution is -2.25. The molecule has 0 saturated heterocycles. The lowest BCUT2D eigenvalue weighted by molar-refractivity contribution is -0.116. The monoisotopic (exact) mass is 299 g/mol. The molecule has 0 aromatic heterocycles. The summed E-state index contributed by atoms with van der Waals surface area (Å²) in [5, 5.41) is 2.65. The number of benzene rings is 1. The van der Waals surface area contributed by atoms with Gasteiger partial charge in [0.1, 0.15) is 0 Å². The fraction of sp³-hybridized carbons (Fsp3) is 0.462. The third kappa shape index (κ3) is 4.03. The summed E-state index contributed by atoms with van der Waals surface area (Å²) < 4.78 is 25.5. The van der Waals surface area contributed by atoms with E-state index in [0.717, 1.165) is 4.31 Å². The topological polar surface area (TPSA) is 92.5 Å². The van der Waals surface area contributed by atoms with Crippen molar-refractivity contribution in [3.8, 4) is 0 Å². The Morgan fingerprint density at radius 3 is 2.50 bits per heavy atom. The van der Waals surface area contributed by atoms with Gasteiger partial charge in [-0.2, -0.15) is 0 Å². The van der Waals surface area contributed by atoms with Crippen molar-refractivity contribution < 1.29 is 13.2 Å². The minimum atomic E-state index is -3.53. The maximum atomic E-state index is 12.2. The quantitative estimate of drug-likeness (QED) is 0.845. The Kier molecular flexibility index (Phi) is 5.27. The molecule has 1 aromatic carbocycles. The van der Waals surface area contributed by atoms with Crippen LogP contribution in [0.4, 0.5) is 5.69 Å². The van der Waals surface area contributed by atoms with Gasteiger partial charge in [0.05, 0.1) is 4.90 Å². The Balaban J connectivity index is 3.07. The molecule has 1 unspecified atom stereocenters. The van der Waals surface area contributed by atoms with E-state index in [2.05, 4.69) is 5.32 Å². The number of anilines is 1. The number of carbonyl (C=O) groups is 1. The second-order valence-electron chi connectivity index (χ2n) is 5.00. The zero-order chi connectivity index (χ0) is 15.5. The lowest BCUT2D eigenvalue weighted by Gasteiger charge is -2.15. The summed E-state index contributed by atoms with van der Waals surface area (Å²) >= 11 is 0. The van der Waals surface area contributed by atoms with E-state index in [-0.39, 0.29) is 23.3 Å². The molecule has 0 fully saturated rings.